The van der Waals surface area contributed by atoms with E-state index in [2.05, 4.69) is 10.3 Å². The number of hydrogen-bond donors (Lipinski definition) is 1. The van der Waals surface area contributed by atoms with E-state index in [9.17, 15) is 4.79 Å². The van der Waals surface area contributed by atoms with Gasteiger partial charge in [-0.05, 0) is 49.6 Å². The van der Waals surface area contributed by atoms with E-state index in [1.54, 1.807) is 19.3 Å². The summed E-state index contributed by atoms with van der Waals surface area (Å²) >= 11 is 0. The molecule has 1 aromatic heterocycles. The monoisotopic (exact) mass is 284 g/mol. The van der Waals surface area contributed by atoms with Crippen molar-refractivity contribution in [2.45, 2.75) is 33.4 Å². The van der Waals surface area contributed by atoms with Crippen molar-refractivity contribution in [3.05, 3.63) is 59.4 Å². The maximum atomic E-state index is 12.1. The summed E-state index contributed by atoms with van der Waals surface area (Å²) in [4.78, 5) is 16.1. The van der Waals surface area contributed by atoms with E-state index < -0.39 is 6.10 Å². The minimum absolute atomic E-state index is 0.139. The van der Waals surface area contributed by atoms with E-state index in [0.717, 1.165) is 22.4 Å². The lowest BCUT2D eigenvalue weighted by Gasteiger charge is -2.16. The van der Waals surface area contributed by atoms with E-state index in [0.29, 0.717) is 6.54 Å². The molecule has 4 heteroatoms. The number of aromatic nitrogens is 1. The summed E-state index contributed by atoms with van der Waals surface area (Å²) in [5.74, 6) is 0.610. The Labute approximate surface area is 125 Å². The van der Waals surface area contributed by atoms with Crippen LogP contribution in [0.5, 0.6) is 5.75 Å². The number of nitrogens with one attached hydrogen (secondary N) is 1. The predicted octanol–water partition coefficient (Wildman–Crippen LogP) is 2.78. The van der Waals surface area contributed by atoms with E-state index >= 15 is 0 Å². The van der Waals surface area contributed by atoms with Gasteiger partial charge in [-0.25, -0.2) is 0 Å². The molecule has 0 aliphatic rings. The maximum Gasteiger partial charge on any atom is 0.261 e. The van der Waals surface area contributed by atoms with Gasteiger partial charge in [-0.1, -0.05) is 18.2 Å². The summed E-state index contributed by atoms with van der Waals surface area (Å²) in [7, 11) is 0. The molecule has 110 valence electrons. The molecule has 21 heavy (non-hydrogen) atoms. The minimum atomic E-state index is -0.540. The van der Waals surface area contributed by atoms with Crippen LogP contribution >= 0.6 is 0 Å². The first-order valence-corrected chi connectivity index (χ1v) is 6.97. The van der Waals surface area contributed by atoms with Crippen LogP contribution in [0.25, 0.3) is 0 Å². The summed E-state index contributed by atoms with van der Waals surface area (Å²) in [5.41, 5.74) is 3.09. The van der Waals surface area contributed by atoms with Gasteiger partial charge in [0, 0.05) is 18.9 Å². The Bertz CT molecular complexity index is 611. The summed E-state index contributed by atoms with van der Waals surface area (Å²) < 4.78 is 5.75. The Morgan fingerprint density at radius 3 is 2.86 bits per heavy atom. The summed E-state index contributed by atoms with van der Waals surface area (Å²) in [6, 6.07) is 9.72. The van der Waals surface area contributed by atoms with Crippen molar-refractivity contribution >= 4 is 5.91 Å². The van der Waals surface area contributed by atoms with Crippen LogP contribution in [0.2, 0.25) is 0 Å². The van der Waals surface area contributed by atoms with E-state index in [1.165, 1.54) is 0 Å². The fourth-order valence-corrected chi connectivity index (χ4v) is 1.91. The first kappa shape index (κ1) is 15.0. The van der Waals surface area contributed by atoms with Gasteiger partial charge in [0.25, 0.3) is 5.91 Å². The van der Waals surface area contributed by atoms with Crippen LogP contribution in [-0.4, -0.2) is 17.0 Å². The fourth-order valence-electron chi connectivity index (χ4n) is 1.91. The zero-order valence-corrected chi connectivity index (χ0v) is 12.6. The summed E-state index contributed by atoms with van der Waals surface area (Å²) in [5, 5.41) is 2.85. The third-order valence-electron chi connectivity index (χ3n) is 3.21. The van der Waals surface area contributed by atoms with Crippen molar-refractivity contribution in [3.8, 4) is 5.75 Å². The SMILES string of the molecule is Cc1ccc(C)c(O[C@@H](C)C(=O)NCc2cccnc2)c1. The number of ether oxygens (including phenoxy) is 1. The van der Waals surface area contributed by atoms with E-state index in [1.807, 2.05) is 44.2 Å². The van der Waals surface area contributed by atoms with Crippen LogP contribution in [0.15, 0.2) is 42.7 Å². The fraction of sp³-hybridized carbons (Fsp3) is 0.294. The lowest BCUT2D eigenvalue weighted by molar-refractivity contribution is -0.127. The molecule has 0 fully saturated rings. The maximum absolute atomic E-state index is 12.1. The zero-order chi connectivity index (χ0) is 15.2. The number of carbonyl (C=O) groups excluding carboxylic acids is 1. The van der Waals surface area contributed by atoms with Crippen LogP contribution in [0.4, 0.5) is 0 Å². The minimum Gasteiger partial charge on any atom is -0.481 e. The van der Waals surface area contributed by atoms with Crippen molar-refractivity contribution in [1.82, 2.24) is 10.3 Å². The van der Waals surface area contributed by atoms with Crippen LogP contribution in [0.1, 0.15) is 23.6 Å². The Balaban J connectivity index is 1.92. The molecule has 0 aliphatic carbocycles. The molecular formula is C17H20N2O2. The van der Waals surface area contributed by atoms with Gasteiger partial charge >= 0.3 is 0 Å². The van der Waals surface area contributed by atoms with Crippen molar-refractivity contribution in [1.29, 1.82) is 0 Å². The molecule has 2 rings (SSSR count). The molecule has 1 amide bonds. The normalized spacial score (nSPS) is 11.8. The number of hydrogen-bond acceptors (Lipinski definition) is 3. The second kappa shape index (κ2) is 6.88. The average molecular weight is 284 g/mol. The lowest BCUT2D eigenvalue weighted by Crippen LogP contribution is -2.36. The molecule has 0 saturated heterocycles. The van der Waals surface area contributed by atoms with Gasteiger partial charge in [0.05, 0.1) is 0 Å². The van der Waals surface area contributed by atoms with Crippen LogP contribution in [0, 0.1) is 13.8 Å². The van der Waals surface area contributed by atoms with Gasteiger partial charge in [-0.15, -0.1) is 0 Å². The van der Waals surface area contributed by atoms with Crippen molar-refractivity contribution in [2.24, 2.45) is 0 Å². The molecule has 0 radical (unpaired) electrons. The number of carbonyl (C=O) groups is 1. The smallest absolute Gasteiger partial charge is 0.261 e. The van der Waals surface area contributed by atoms with Crippen LogP contribution < -0.4 is 10.1 Å². The zero-order valence-electron chi connectivity index (χ0n) is 12.6. The van der Waals surface area contributed by atoms with Crippen molar-refractivity contribution in [3.63, 3.8) is 0 Å². The quantitative estimate of drug-likeness (QED) is 0.918. The molecule has 0 aliphatic heterocycles. The standard InChI is InChI=1S/C17H20N2O2/c1-12-6-7-13(2)16(9-12)21-14(3)17(20)19-11-15-5-4-8-18-10-15/h4-10,14H,11H2,1-3H3,(H,19,20)/t14-/m0/s1. The number of nitrogens with zero attached hydrogens (tertiary/aromatic N) is 1. The van der Waals surface area contributed by atoms with Gasteiger partial charge in [0.2, 0.25) is 0 Å². The first-order valence-electron chi connectivity index (χ1n) is 6.97. The molecule has 1 N–H and O–H groups in total. The number of benzene rings is 1. The Morgan fingerprint density at radius 2 is 2.14 bits per heavy atom. The molecule has 1 atom stereocenters. The first-order chi connectivity index (χ1) is 10.1. The van der Waals surface area contributed by atoms with Crippen LogP contribution in [0.3, 0.4) is 0 Å². The molecule has 0 spiro atoms. The van der Waals surface area contributed by atoms with E-state index in [4.69, 9.17) is 4.74 Å². The highest BCUT2D eigenvalue weighted by molar-refractivity contribution is 5.80. The predicted molar refractivity (Wildman–Crippen MR) is 82.1 cm³/mol. The molecule has 0 saturated carbocycles. The summed E-state index contributed by atoms with van der Waals surface area (Å²) in [6.07, 6.45) is 2.90. The van der Waals surface area contributed by atoms with Gasteiger partial charge in [0.15, 0.2) is 6.10 Å². The number of amides is 1. The second-order valence-corrected chi connectivity index (χ2v) is 5.11. The van der Waals surface area contributed by atoms with Gasteiger partial charge in [-0.3, -0.25) is 9.78 Å². The highest BCUT2D eigenvalue weighted by Gasteiger charge is 2.15. The molecule has 2 aromatic rings. The number of rotatable bonds is 5. The summed E-state index contributed by atoms with van der Waals surface area (Å²) in [6.45, 7) is 6.17. The van der Waals surface area contributed by atoms with Gasteiger partial charge in [-0.2, -0.15) is 0 Å². The molecule has 1 heterocycles. The molecule has 0 unspecified atom stereocenters. The highest BCUT2D eigenvalue weighted by Crippen LogP contribution is 2.20. The van der Waals surface area contributed by atoms with Crippen molar-refractivity contribution < 1.29 is 9.53 Å². The lowest BCUT2D eigenvalue weighted by atomic mass is 10.1. The highest BCUT2D eigenvalue weighted by atomic mass is 16.5. The van der Waals surface area contributed by atoms with Crippen molar-refractivity contribution in [2.75, 3.05) is 0 Å². The molecule has 0 bridgehead atoms. The number of pyridine rings is 1. The largest absolute Gasteiger partial charge is 0.481 e. The third kappa shape index (κ3) is 4.31. The number of aryl methyl sites for hydroxylation is 2. The molecule has 1 aromatic carbocycles. The third-order valence-corrected chi connectivity index (χ3v) is 3.21. The molecule has 4 nitrogen and oxygen atoms in total. The van der Waals surface area contributed by atoms with Crippen LogP contribution in [-0.2, 0) is 11.3 Å². The van der Waals surface area contributed by atoms with E-state index in [-0.39, 0.29) is 5.91 Å². The Kier molecular flexibility index (Phi) is 4.93. The van der Waals surface area contributed by atoms with Gasteiger partial charge in [0.1, 0.15) is 5.75 Å². The Hall–Kier alpha value is -2.36. The molecular weight excluding hydrogens is 264 g/mol. The average Bonchev–Trinajstić information content (AvgIpc) is 2.49. The Morgan fingerprint density at radius 1 is 1.33 bits per heavy atom. The van der Waals surface area contributed by atoms with Gasteiger partial charge < -0.3 is 10.1 Å². The topological polar surface area (TPSA) is 51.2 Å². The second-order valence-electron chi connectivity index (χ2n) is 5.11.